The van der Waals surface area contributed by atoms with Crippen LogP contribution in [-0.2, 0) is 0 Å². The minimum Gasteiger partial charge on any atom is -0.496 e. The van der Waals surface area contributed by atoms with Gasteiger partial charge in [0, 0.05) is 10.3 Å². The van der Waals surface area contributed by atoms with Crippen LogP contribution in [-0.4, -0.2) is 20.3 Å². The molecule has 1 aromatic heterocycles. The summed E-state index contributed by atoms with van der Waals surface area (Å²) in [5.41, 5.74) is 7.32. The van der Waals surface area contributed by atoms with Crippen LogP contribution in [0.5, 0.6) is 17.2 Å². The molecule has 1 unspecified atom stereocenters. The van der Waals surface area contributed by atoms with Crippen LogP contribution in [0.4, 0.5) is 0 Å². The van der Waals surface area contributed by atoms with E-state index in [9.17, 15) is 0 Å². The third kappa shape index (κ3) is 3.68. The molecule has 1 atom stereocenters. The maximum Gasteiger partial charge on any atom is 0.161 e. The van der Waals surface area contributed by atoms with Gasteiger partial charge >= 0.3 is 0 Å². The zero-order valence-corrected chi connectivity index (χ0v) is 13.4. The molecule has 0 aliphatic heterocycles. The molecule has 0 saturated heterocycles. The van der Waals surface area contributed by atoms with Crippen molar-refractivity contribution in [1.82, 2.24) is 0 Å². The fraction of sp³-hybridized carbons (Fsp3) is 0.375. The first-order chi connectivity index (χ1) is 10.2. The van der Waals surface area contributed by atoms with Crippen molar-refractivity contribution in [1.29, 1.82) is 0 Å². The Kier molecular flexibility index (Phi) is 5.47. The molecule has 0 aliphatic rings. The summed E-state index contributed by atoms with van der Waals surface area (Å²) in [4.78, 5) is 1.05. The molecule has 0 fully saturated rings. The van der Waals surface area contributed by atoms with Crippen LogP contribution in [0.2, 0.25) is 0 Å². The van der Waals surface area contributed by atoms with Gasteiger partial charge < -0.3 is 19.9 Å². The van der Waals surface area contributed by atoms with Crippen molar-refractivity contribution in [3.8, 4) is 17.2 Å². The van der Waals surface area contributed by atoms with Crippen LogP contribution >= 0.6 is 11.3 Å². The molecule has 2 aromatic rings. The number of hydrogen-bond acceptors (Lipinski definition) is 5. The van der Waals surface area contributed by atoms with E-state index in [2.05, 4.69) is 0 Å². The van der Waals surface area contributed by atoms with Gasteiger partial charge in [-0.2, -0.15) is 0 Å². The number of ether oxygens (including phenoxy) is 3. The fourth-order valence-electron chi connectivity index (χ4n) is 2.03. The molecule has 2 N–H and O–H groups in total. The lowest BCUT2D eigenvalue weighted by atomic mass is 10.1. The summed E-state index contributed by atoms with van der Waals surface area (Å²) < 4.78 is 16.4. The number of rotatable bonds is 7. The van der Waals surface area contributed by atoms with E-state index in [1.54, 1.807) is 18.4 Å². The predicted octanol–water partition coefficient (Wildman–Crippen LogP) is 3.60. The molecule has 0 spiro atoms. The zero-order valence-electron chi connectivity index (χ0n) is 12.6. The van der Waals surface area contributed by atoms with E-state index >= 15 is 0 Å². The van der Waals surface area contributed by atoms with Crippen molar-refractivity contribution in [2.75, 3.05) is 20.3 Å². The second kappa shape index (κ2) is 7.33. The van der Waals surface area contributed by atoms with Gasteiger partial charge in [-0.3, -0.25) is 0 Å². The second-order valence-electron chi connectivity index (χ2n) is 4.44. The Hall–Kier alpha value is -1.72. The molecule has 2 rings (SSSR count). The number of hydrogen-bond donors (Lipinski definition) is 1. The Morgan fingerprint density at radius 2 is 1.81 bits per heavy atom. The topological polar surface area (TPSA) is 53.7 Å². The Morgan fingerprint density at radius 3 is 2.43 bits per heavy atom. The van der Waals surface area contributed by atoms with Gasteiger partial charge in [-0.25, -0.2) is 0 Å². The third-order valence-corrected chi connectivity index (χ3v) is 4.06. The van der Waals surface area contributed by atoms with Gasteiger partial charge in [0.05, 0.1) is 26.4 Å². The lowest BCUT2D eigenvalue weighted by molar-refractivity contribution is 0.287. The molecule has 0 saturated carbocycles. The highest BCUT2D eigenvalue weighted by molar-refractivity contribution is 7.10. The summed E-state index contributed by atoms with van der Waals surface area (Å²) in [6, 6.07) is 7.60. The highest BCUT2D eigenvalue weighted by Crippen LogP contribution is 2.34. The predicted molar refractivity (Wildman–Crippen MR) is 85.7 cm³/mol. The van der Waals surface area contributed by atoms with Gasteiger partial charge in [0.2, 0.25) is 0 Å². The molecule has 0 amide bonds. The summed E-state index contributed by atoms with van der Waals surface area (Å²) in [5, 5.41) is 1.95. The summed E-state index contributed by atoms with van der Waals surface area (Å²) in [6.07, 6.45) is 0. The summed E-state index contributed by atoms with van der Waals surface area (Å²) in [5.74, 6) is 2.32. The molecule has 114 valence electrons. The van der Waals surface area contributed by atoms with Crippen molar-refractivity contribution in [2.24, 2.45) is 5.73 Å². The quantitative estimate of drug-likeness (QED) is 0.849. The molecule has 21 heavy (non-hydrogen) atoms. The summed E-state index contributed by atoms with van der Waals surface area (Å²) >= 11 is 1.59. The summed E-state index contributed by atoms with van der Waals surface area (Å²) in [6.45, 7) is 5.10. The third-order valence-electron chi connectivity index (χ3n) is 3.06. The van der Waals surface area contributed by atoms with E-state index in [0.717, 1.165) is 27.7 Å². The van der Waals surface area contributed by atoms with Gasteiger partial charge in [0.25, 0.3) is 0 Å². The Labute approximate surface area is 129 Å². The highest BCUT2D eigenvalue weighted by atomic mass is 32.1. The van der Waals surface area contributed by atoms with Crippen LogP contribution < -0.4 is 19.9 Å². The molecule has 5 heteroatoms. The van der Waals surface area contributed by atoms with E-state index in [0.29, 0.717) is 13.2 Å². The van der Waals surface area contributed by atoms with Crippen LogP contribution in [0.3, 0.4) is 0 Å². The first-order valence-electron chi connectivity index (χ1n) is 6.97. The van der Waals surface area contributed by atoms with Crippen molar-refractivity contribution in [3.05, 3.63) is 40.1 Å². The molecule has 0 radical (unpaired) electrons. The highest BCUT2D eigenvalue weighted by Gasteiger charge is 2.15. The van der Waals surface area contributed by atoms with Crippen molar-refractivity contribution in [3.63, 3.8) is 0 Å². The Bertz CT molecular complexity index is 583. The molecule has 4 nitrogen and oxygen atoms in total. The monoisotopic (exact) mass is 307 g/mol. The van der Waals surface area contributed by atoms with Crippen molar-refractivity contribution >= 4 is 11.3 Å². The van der Waals surface area contributed by atoms with Gasteiger partial charge in [-0.15, -0.1) is 11.3 Å². The number of benzene rings is 1. The smallest absolute Gasteiger partial charge is 0.161 e. The first-order valence-corrected chi connectivity index (χ1v) is 7.85. The lowest BCUT2D eigenvalue weighted by Crippen LogP contribution is -2.11. The normalized spacial score (nSPS) is 12.0. The fourth-order valence-corrected chi connectivity index (χ4v) is 2.91. The van der Waals surface area contributed by atoms with Gasteiger partial charge in [-0.05, 0) is 37.6 Å². The number of methoxy groups -OCH3 is 1. The van der Waals surface area contributed by atoms with E-state index < -0.39 is 0 Å². The molecule has 0 aliphatic carbocycles. The minimum atomic E-state index is -0.200. The number of thiophene rings is 1. The zero-order chi connectivity index (χ0) is 15.2. The molecular formula is C16H21NO3S. The molecule has 0 bridgehead atoms. The molecule has 1 aromatic carbocycles. The van der Waals surface area contributed by atoms with Crippen LogP contribution in [0.25, 0.3) is 0 Å². The van der Waals surface area contributed by atoms with Crippen LogP contribution in [0, 0.1) is 0 Å². The second-order valence-corrected chi connectivity index (χ2v) is 5.38. The minimum absolute atomic E-state index is 0.200. The maximum atomic E-state index is 6.33. The van der Waals surface area contributed by atoms with Crippen molar-refractivity contribution < 1.29 is 14.2 Å². The average molecular weight is 307 g/mol. The van der Waals surface area contributed by atoms with Crippen LogP contribution in [0.1, 0.15) is 30.3 Å². The van der Waals surface area contributed by atoms with Gasteiger partial charge in [0.15, 0.2) is 11.5 Å². The Morgan fingerprint density at radius 1 is 1.10 bits per heavy atom. The SMILES string of the molecule is CCOc1ccc(C(N)c2cc(OC)cs2)cc1OCC. The number of nitrogens with two attached hydrogens (primary N) is 1. The Balaban J connectivity index is 2.27. The van der Waals surface area contributed by atoms with E-state index in [1.165, 1.54) is 0 Å². The summed E-state index contributed by atoms with van der Waals surface area (Å²) in [7, 11) is 1.65. The first kappa shape index (κ1) is 15.7. The lowest BCUT2D eigenvalue weighted by Gasteiger charge is -2.15. The van der Waals surface area contributed by atoms with E-state index in [1.807, 2.05) is 43.5 Å². The largest absolute Gasteiger partial charge is 0.496 e. The van der Waals surface area contributed by atoms with Gasteiger partial charge in [-0.1, -0.05) is 6.07 Å². The van der Waals surface area contributed by atoms with E-state index in [4.69, 9.17) is 19.9 Å². The molecular weight excluding hydrogens is 286 g/mol. The van der Waals surface area contributed by atoms with E-state index in [-0.39, 0.29) is 6.04 Å². The van der Waals surface area contributed by atoms with Gasteiger partial charge in [0.1, 0.15) is 5.75 Å². The standard InChI is InChI=1S/C16H21NO3S/c1-4-19-13-7-6-11(8-14(13)20-5-2)16(17)15-9-12(18-3)10-21-15/h6-10,16H,4-5,17H2,1-3H3. The average Bonchev–Trinajstić information content (AvgIpc) is 2.98. The maximum absolute atomic E-state index is 6.33. The van der Waals surface area contributed by atoms with Crippen molar-refractivity contribution in [2.45, 2.75) is 19.9 Å². The molecule has 1 heterocycles. The van der Waals surface area contributed by atoms with Crippen LogP contribution in [0.15, 0.2) is 29.6 Å².